The van der Waals surface area contributed by atoms with Gasteiger partial charge in [-0.2, -0.15) is 0 Å². The lowest BCUT2D eigenvalue weighted by atomic mass is 9.81. The SMILES string of the molecule is CC(C)[C@H]1C(=O)N2c3ccccc3[C@]3(O)C[C@H](n4cnc5ccccc5c4=O)C(=O)N1C23. The van der Waals surface area contributed by atoms with Crippen molar-refractivity contribution in [3.63, 3.8) is 0 Å². The molecule has 8 heteroatoms. The largest absolute Gasteiger partial charge is 0.381 e. The van der Waals surface area contributed by atoms with Crippen LogP contribution in [0.15, 0.2) is 59.7 Å². The summed E-state index contributed by atoms with van der Waals surface area (Å²) in [4.78, 5) is 48.0. The molecule has 162 valence electrons. The minimum absolute atomic E-state index is 0.0153. The van der Waals surface area contributed by atoms with Gasteiger partial charge in [0, 0.05) is 12.0 Å². The van der Waals surface area contributed by atoms with Crippen molar-refractivity contribution < 1.29 is 14.7 Å². The van der Waals surface area contributed by atoms with Gasteiger partial charge in [-0.25, -0.2) is 4.98 Å². The summed E-state index contributed by atoms with van der Waals surface area (Å²) in [6.45, 7) is 3.77. The molecule has 0 radical (unpaired) electrons. The van der Waals surface area contributed by atoms with Crippen molar-refractivity contribution in [3.05, 3.63) is 70.8 Å². The van der Waals surface area contributed by atoms with Crippen LogP contribution in [-0.2, 0) is 15.2 Å². The second-order valence-electron chi connectivity index (χ2n) is 9.15. The van der Waals surface area contributed by atoms with Crippen molar-refractivity contribution in [2.45, 2.75) is 44.1 Å². The Labute approximate surface area is 183 Å². The third-order valence-corrected chi connectivity index (χ3v) is 7.06. The zero-order valence-corrected chi connectivity index (χ0v) is 17.7. The molecule has 8 nitrogen and oxygen atoms in total. The molecule has 3 aromatic rings. The van der Waals surface area contributed by atoms with E-state index in [9.17, 15) is 19.5 Å². The Bertz CT molecular complexity index is 1370. The summed E-state index contributed by atoms with van der Waals surface area (Å²) in [5, 5.41) is 12.4. The first-order valence-corrected chi connectivity index (χ1v) is 10.8. The summed E-state index contributed by atoms with van der Waals surface area (Å²) in [6.07, 6.45) is 0.545. The molecule has 1 N–H and O–H groups in total. The number of aliphatic hydroxyl groups is 1. The van der Waals surface area contributed by atoms with E-state index in [1.54, 1.807) is 41.3 Å². The van der Waals surface area contributed by atoms with E-state index < -0.39 is 23.9 Å². The highest BCUT2D eigenvalue weighted by Crippen LogP contribution is 2.55. The topological polar surface area (TPSA) is 95.7 Å². The van der Waals surface area contributed by atoms with Crippen LogP contribution in [0.5, 0.6) is 0 Å². The fourth-order valence-corrected chi connectivity index (χ4v) is 5.70. The molecule has 2 aromatic carbocycles. The molecule has 1 unspecified atom stereocenters. The van der Waals surface area contributed by atoms with Gasteiger partial charge in [0.1, 0.15) is 23.9 Å². The van der Waals surface area contributed by atoms with E-state index in [2.05, 4.69) is 4.98 Å². The van der Waals surface area contributed by atoms with E-state index >= 15 is 0 Å². The van der Waals surface area contributed by atoms with Gasteiger partial charge in [-0.1, -0.05) is 44.2 Å². The lowest BCUT2D eigenvalue weighted by molar-refractivity contribution is -0.160. The molecule has 32 heavy (non-hydrogen) atoms. The number of amides is 2. The summed E-state index contributed by atoms with van der Waals surface area (Å²) in [6, 6.07) is 12.5. The minimum Gasteiger partial charge on any atom is -0.381 e. The van der Waals surface area contributed by atoms with E-state index in [0.29, 0.717) is 22.2 Å². The number of nitrogens with zero attached hydrogens (tertiary/aromatic N) is 4. The second kappa shape index (κ2) is 6.26. The van der Waals surface area contributed by atoms with Crippen LogP contribution in [0.3, 0.4) is 0 Å². The zero-order valence-electron chi connectivity index (χ0n) is 17.7. The Balaban J connectivity index is 1.58. The molecule has 2 saturated heterocycles. The van der Waals surface area contributed by atoms with Gasteiger partial charge in [0.25, 0.3) is 11.5 Å². The number of piperidine rings is 1. The molecule has 2 amide bonds. The van der Waals surface area contributed by atoms with E-state index in [1.807, 2.05) is 26.0 Å². The molecule has 0 aliphatic carbocycles. The van der Waals surface area contributed by atoms with Crippen molar-refractivity contribution in [1.82, 2.24) is 14.5 Å². The first kappa shape index (κ1) is 19.2. The number of fused-ring (bicyclic) bond motifs is 4. The van der Waals surface area contributed by atoms with Gasteiger partial charge in [0.2, 0.25) is 5.91 Å². The molecular weight excluding hydrogens is 408 g/mol. The Morgan fingerprint density at radius 2 is 1.75 bits per heavy atom. The lowest BCUT2D eigenvalue weighted by Crippen LogP contribution is -2.61. The lowest BCUT2D eigenvalue weighted by Gasteiger charge is -2.45. The molecule has 1 aromatic heterocycles. The average Bonchev–Trinajstić information content (AvgIpc) is 3.24. The highest BCUT2D eigenvalue weighted by Gasteiger charge is 2.67. The van der Waals surface area contributed by atoms with Crippen molar-refractivity contribution in [2.75, 3.05) is 4.90 Å². The first-order chi connectivity index (χ1) is 15.3. The van der Waals surface area contributed by atoms with E-state index in [-0.39, 0.29) is 29.7 Å². The second-order valence-corrected chi connectivity index (χ2v) is 9.15. The molecule has 2 fully saturated rings. The van der Waals surface area contributed by atoms with Gasteiger partial charge in [-0.05, 0) is 24.1 Å². The fourth-order valence-electron chi connectivity index (χ4n) is 5.70. The molecule has 0 saturated carbocycles. The average molecular weight is 430 g/mol. The maximum absolute atomic E-state index is 13.8. The van der Waals surface area contributed by atoms with Crippen molar-refractivity contribution in [2.24, 2.45) is 5.92 Å². The molecule has 0 spiro atoms. The van der Waals surface area contributed by atoms with Gasteiger partial charge >= 0.3 is 0 Å². The smallest absolute Gasteiger partial charge is 0.261 e. The van der Waals surface area contributed by atoms with Gasteiger partial charge in [0.05, 0.1) is 22.9 Å². The highest BCUT2D eigenvalue weighted by atomic mass is 16.3. The van der Waals surface area contributed by atoms with Crippen LogP contribution in [0.4, 0.5) is 5.69 Å². The third kappa shape index (κ3) is 2.20. The van der Waals surface area contributed by atoms with Crippen LogP contribution < -0.4 is 10.5 Å². The van der Waals surface area contributed by atoms with Crippen LogP contribution in [0.2, 0.25) is 0 Å². The fraction of sp³-hybridized carbons (Fsp3) is 0.333. The Kier molecular flexibility index (Phi) is 3.75. The number of para-hydroxylation sites is 2. The van der Waals surface area contributed by atoms with Crippen molar-refractivity contribution >= 4 is 28.4 Å². The predicted octanol–water partition coefficient (Wildman–Crippen LogP) is 1.77. The zero-order chi connectivity index (χ0) is 22.4. The van der Waals surface area contributed by atoms with Gasteiger partial charge < -0.3 is 10.0 Å². The normalized spacial score (nSPS) is 28.6. The molecule has 0 bridgehead atoms. The number of rotatable bonds is 2. The molecule has 4 heterocycles. The maximum Gasteiger partial charge on any atom is 0.261 e. The van der Waals surface area contributed by atoms with E-state index in [0.717, 1.165) is 0 Å². The van der Waals surface area contributed by atoms with Gasteiger partial charge in [-0.15, -0.1) is 0 Å². The summed E-state index contributed by atoms with van der Waals surface area (Å²) in [5.41, 5.74) is -0.0619. The summed E-state index contributed by atoms with van der Waals surface area (Å²) >= 11 is 0. The van der Waals surface area contributed by atoms with Crippen LogP contribution >= 0.6 is 0 Å². The number of carbonyl (C=O) groups is 2. The Morgan fingerprint density at radius 1 is 1.03 bits per heavy atom. The van der Waals surface area contributed by atoms with E-state index in [4.69, 9.17) is 0 Å². The molecule has 3 aliphatic rings. The van der Waals surface area contributed by atoms with E-state index in [1.165, 1.54) is 15.8 Å². The number of anilines is 1. The molecule has 4 atom stereocenters. The predicted molar refractivity (Wildman–Crippen MR) is 117 cm³/mol. The number of hydrogen-bond acceptors (Lipinski definition) is 5. The minimum atomic E-state index is -1.49. The third-order valence-electron chi connectivity index (χ3n) is 7.06. The molecular formula is C24H22N4O4. The van der Waals surface area contributed by atoms with Crippen molar-refractivity contribution in [1.29, 1.82) is 0 Å². The highest BCUT2D eigenvalue weighted by molar-refractivity contribution is 6.07. The summed E-state index contributed by atoms with van der Waals surface area (Å²) < 4.78 is 1.31. The number of benzene rings is 2. The Hall–Kier alpha value is -3.52. The maximum atomic E-state index is 13.8. The van der Waals surface area contributed by atoms with Crippen molar-refractivity contribution in [3.8, 4) is 0 Å². The summed E-state index contributed by atoms with van der Waals surface area (Å²) in [7, 11) is 0. The molecule has 3 aliphatic heterocycles. The Morgan fingerprint density at radius 3 is 2.53 bits per heavy atom. The van der Waals surface area contributed by atoms with Crippen LogP contribution in [-0.4, -0.2) is 43.6 Å². The number of aromatic nitrogens is 2. The quantitative estimate of drug-likeness (QED) is 0.669. The monoisotopic (exact) mass is 430 g/mol. The number of carbonyl (C=O) groups excluding carboxylic acids is 2. The summed E-state index contributed by atoms with van der Waals surface area (Å²) in [5.74, 6) is -0.703. The first-order valence-electron chi connectivity index (χ1n) is 10.8. The van der Waals surface area contributed by atoms with Crippen LogP contribution in [0, 0.1) is 5.92 Å². The number of hydrogen-bond donors (Lipinski definition) is 1. The van der Waals surface area contributed by atoms with Crippen LogP contribution in [0.25, 0.3) is 10.9 Å². The standard InChI is InChI=1S/C24H22N4O4/c1-13(2)19-22(31)27-17-10-6-4-8-15(17)24(32)11-18(21(30)28(19)23(24)27)26-12-25-16-9-5-3-7-14(16)20(26)29/h3-10,12-13,18-19,23,32H,11H2,1-2H3/t18-,19-,23?,24+/m0/s1. The molecule has 6 rings (SSSR count). The van der Waals surface area contributed by atoms with Crippen LogP contribution in [0.1, 0.15) is 31.9 Å². The van der Waals surface area contributed by atoms with Gasteiger partial charge in [-0.3, -0.25) is 23.9 Å². The van der Waals surface area contributed by atoms with Gasteiger partial charge in [0.15, 0.2) is 0 Å².